The van der Waals surface area contributed by atoms with Crippen molar-refractivity contribution in [1.29, 1.82) is 0 Å². The van der Waals surface area contributed by atoms with E-state index >= 15 is 0 Å². The molecule has 2 fully saturated rings. The molecule has 2 heterocycles. The van der Waals surface area contributed by atoms with Crippen LogP contribution in [-0.4, -0.2) is 49.4 Å². The summed E-state index contributed by atoms with van der Waals surface area (Å²) >= 11 is 0. The number of likely N-dealkylation sites (tertiary alicyclic amines) is 1. The molecule has 0 saturated carbocycles. The Hall–Kier alpha value is -1.59. The van der Waals surface area contributed by atoms with Crippen molar-refractivity contribution in [2.45, 2.75) is 32.1 Å². The number of halogens is 1. The van der Waals surface area contributed by atoms with Crippen LogP contribution in [0, 0.1) is 5.92 Å². The lowest BCUT2D eigenvalue weighted by Gasteiger charge is -2.15. The molecule has 138 valence electrons. The summed E-state index contributed by atoms with van der Waals surface area (Å²) in [6.45, 7) is 4.44. The Bertz CT molecular complexity index is 571. The van der Waals surface area contributed by atoms with Crippen molar-refractivity contribution in [2.75, 3.05) is 32.7 Å². The van der Waals surface area contributed by atoms with E-state index in [1.165, 1.54) is 12.0 Å². The number of rotatable bonds is 7. The molecule has 2 aliphatic rings. The first kappa shape index (κ1) is 19.7. The first-order chi connectivity index (χ1) is 11.7. The van der Waals surface area contributed by atoms with Gasteiger partial charge in [0.15, 0.2) is 0 Å². The second-order valence-corrected chi connectivity index (χ2v) is 6.85. The average molecular weight is 366 g/mol. The number of nitrogens with zero attached hydrogens (tertiary/aromatic N) is 1. The van der Waals surface area contributed by atoms with E-state index in [0.717, 1.165) is 51.4 Å². The molecule has 3 rings (SSSR count). The van der Waals surface area contributed by atoms with Gasteiger partial charge in [-0.15, -0.1) is 12.4 Å². The zero-order chi connectivity index (χ0) is 16.8. The number of nitrogens with one attached hydrogen (secondary N) is 2. The summed E-state index contributed by atoms with van der Waals surface area (Å²) < 4.78 is 0. The number of carbonyl (C=O) groups is 2. The summed E-state index contributed by atoms with van der Waals surface area (Å²) in [4.78, 5) is 25.6. The van der Waals surface area contributed by atoms with Crippen molar-refractivity contribution in [3.8, 4) is 0 Å². The van der Waals surface area contributed by atoms with Gasteiger partial charge in [0.2, 0.25) is 5.91 Å². The molecule has 2 N–H and O–H groups in total. The fraction of sp³-hybridized carbons (Fsp3) is 0.579. The maximum atomic E-state index is 12.2. The number of carbonyl (C=O) groups excluding carboxylic acids is 2. The Morgan fingerprint density at radius 2 is 2.08 bits per heavy atom. The molecule has 0 aromatic heterocycles. The van der Waals surface area contributed by atoms with Gasteiger partial charge in [0.1, 0.15) is 0 Å². The predicted molar refractivity (Wildman–Crippen MR) is 101 cm³/mol. The van der Waals surface area contributed by atoms with Crippen molar-refractivity contribution in [1.82, 2.24) is 15.5 Å². The molecule has 1 atom stereocenters. The highest BCUT2D eigenvalue weighted by Crippen LogP contribution is 2.15. The molecule has 1 aromatic carbocycles. The lowest BCUT2D eigenvalue weighted by atomic mass is 9.98. The number of amides is 2. The minimum absolute atomic E-state index is 0. The van der Waals surface area contributed by atoms with Gasteiger partial charge in [0, 0.05) is 31.6 Å². The van der Waals surface area contributed by atoms with Gasteiger partial charge in [-0.05, 0) is 62.4 Å². The minimum atomic E-state index is -0.0307. The molecule has 0 radical (unpaired) electrons. The van der Waals surface area contributed by atoms with Gasteiger partial charge in [-0.3, -0.25) is 9.59 Å². The highest BCUT2D eigenvalue weighted by Gasteiger charge is 2.19. The molecule has 2 amide bonds. The maximum Gasteiger partial charge on any atom is 0.251 e. The third kappa shape index (κ3) is 5.72. The van der Waals surface area contributed by atoms with Crippen LogP contribution in [0.1, 0.15) is 41.6 Å². The van der Waals surface area contributed by atoms with Crippen LogP contribution in [0.15, 0.2) is 24.3 Å². The van der Waals surface area contributed by atoms with Crippen molar-refractivity contribution in [3.63, 3.8) is 0 Å². The molecule has 0 spiro atoms. The van der Waals surface area contributed by atoms with Gasteiger partial charge in [0.05, 0.1) is 0 Å². The monoisotopic (exact) mass is 365 g/mol. The molecular formula is C19H28ClN3O2. The molecule has 1 aromatic rings. The smallest absolute Gasteiger partial charge is 0.251 e. The highest BCUT2D eigenvalue weighted by atomic mass is 35.5. The zero-order valence-electron chi connectivity index (χ0n) is 14.6. The van der Waals surface area contributed by atoms with Crippen LogP contribution < -0.4 is 10.6 Å². The van der Waals surface area contributed by atoms with Gasteiger partial charge in [0.25, 0.3) is 5.91 Å². The van der Waals surface area contributed by atoms with Crippen molar-refractivity contribution >= 4 is 24.2 Å². The van der Waals surface area contributed by atoms with E-state index in [2.05, 4.69) is 22.8 Å². The van der Waals surface area contributed by atoms with Gasteiger partial charge >= 0.3 is 0 Å². The van der Waals surface area contributed by atoms with Gasteiger partial charge in [-0.1, -0.05) is 12.1 Å². The van der Waals surface area contributed by atoms with Crippen LogP contribution in [0.25, 0.3) is 0 Å². The summed E-state index contributed by atoms with van der Waals surface area (Å²) in [5.74, 6) is 0.934. The van der Waals surface area contributed by atoms with E-state index < -0.39 is 0 Å². The fourth-order valence-electron chi connectivity index (χ4n) is 3.53. The summed E-state index contributed by atoms with van der Waals surface area (Å²) in [7, 11) is 0. The number of hydrogen-bond donors (Lipinski definition) is 2. The Morgan fingerprint density at radius 3 is 2.72 bits per heavy atom. The first-order valence-electron chi connectivity index (χ1n) is 9.08. The van der Waals surface area contributed by atoms with Crippen LogP contribution in [0.4, 0.5) is 0 Å². The molecule has 0 bridgehead atoms. The van der Waals surface area contributed by atoms with Gasteiger partial charge < -0.3 is 15.5 Å². The Labute approximate surface area is 155 Å². The number of benzene rings is 1. The fourth-order valence-corrected chi connectivity index (χ4v) is 3.53. The summed E-state index contributed by atoms with van der Waals surface area (Å²) in [5.41, 5.74) is 2.01. The maximum absolute atomic E-state index is 12.2. The van der Waals surface area contributed by atoms with E-state index in [1.807, 2.05) is 17.0 Å². The van der Waals surface area contributed by atoms with Crippen LogP contribution >= 0.6 is 12.4 Å². The number of hydrogen-bond acceptors (Lipinski definition) is 3. The molecule has 5 nitrogen and oxygen atoms in total. The first-order valence-corrected chi connectivity index (χ1v) is 9.08. The molecule has 6 heteroatoms. The SMILES string of the molecule is Cl.O=C(NCCCN1CCCC1=O)c1ccc(CC2CCNC2)cc1. The standard InChI is InChI=1S/C19H27N3O2.ClH/c23-18-3-1-11-22(18)12-2-9-21-19(24)17-6-4-15(5-7-17)13-16-8-10-20-14-16;/h4-7,16,20H,1-3,8-14H2,(H,21,24);1H. The summed E-state index contributed by atoms with van der Waals surface area (Å²) in [6, 6.07) is 7.96. The van der Waals surface area contributed by atoms with Crippen molar-refractivity contribution in [3.05, 3.63) is 35.4 Å². The van der Waals surface area contributed by atoms with E-state index in [9.17, 15) is 9.59 Å². The van der Waals surface area contributed by atoms with E-state index in [0.29, 0.717) is 18.5 Å². The third-order valence-electron chi connectivity index (χ3n) is 4.96. The van der Waals surface area contributed by atoms with Crippen LogP contribution in [0.2, 0.25) is 0 Å². The molecule has 0 aliphatic carbocycles. The second-order valence-electron chi connectivity index (χ2n) is 6.85. The minimum Gasteiger partial charge on any atom is -0.352 e. The van der Waals surface area contributed by atoms with Gasteiger partial charge in [-0.2, -0.15) is 0 Å². The molecule has 25 heavy (non-hydrogen) atoms. The van der Waals surface area contributed by atoms with Gasteiger partial charge in [-0.25, -0.2) is 0 Å². The third-order valence-corrected chi connectivity index (χ3v) is 4.96. The Morgan fingerprint density at radius 1 is 1.28 bits per heavy atom. The van der Waals surface area contributed by atoms with E-state index in [4.69, 9.17) is 0 Å². The molecule has 2 aliphatic heterocycles. The molecule has 1 unspecified atom stereocenters. The molecular weight excluding hydrogens is 338 g/mol. The Kier molecular flexibility index (Phi) is 7.72. The lowest BCUT2D eigenvalue weighted by molar-refractivity contribution is -0.127. The lowest BCUT2D eigenvalue weighted by Crippen LogP contribution is -2.30. The second kappa shape index (κ2) is 9.78. The Balaban J connectivity index is 0.00000225. The van der Waals surface area contributed by atoms with Crippen LogP contribution in [0.5, 0.6) is 0 Å². The average Bonchev–Trinajstić information content (AvgIpc) is 3.24. The quantitative estimate of drug-likeness (QED) is 0.726. The molecule has 2 saturated heterocycles. The summed E-state index contributed by atoms with van der Waals surface area (Å²) in [6.07, 6.45) is 4.77. The van der Waals surface area contributed by atoms with Crippen molar-refractivity contribution in [2.24, 2.45) is 5.92 Å². The van der Waals surface area contributed by atoms with Crippen molar-refractivity contribution < 1.29 is 9.59 Å². The largest absolute Gasteiger partial charge is 0.352 e. The predicted octanol–water partition coefficient (Wildman–Crippen LogP) is 2.00. The van der Waals surface area contributed by atoms with E-state index in [1.54, 1.807) is 0 Å². The van der Waals surface area contributed by atoms with E-state index in [-0.39, 0.29) is 24.2 Å². The normalized spacial score (nSPS) is 19.8. The topological polar surface area (TPSA) is 61.4 Å². The van der Waals surface area contributed by atoms with Crippen LogP contribution in [-0.2, 0) is 11.2 Å². The highest BCUT2D eigenvalue weighted by molar-refractivity contribution is 5.94. The zero-order valence-corrected chi connectivity index (χ0v) is 15.4. The van der Waals surface area contributed by atoms with Crippen LogP contribution in [0.3, 0.4) is 0 Å². The summed E-state index contributed by atoms with van der Waals surface area (Å²) in [5, 5.41) is 6.33.